The number of para-hydroxylation sites is 1. The number of sulfonamides is 1. The number of nitrogens with zero attached hydrogens (tertiary/aromatic N) is 1. The van der Waals surface area contributed by atoms with Crippen LogP contribution in [0, 0.1) is 5.82 Å². The molecule has 9 heteroatoms. The van der Waals surface area contributed by atoms with Crippen LogP contribution >= 0.6 is 11.6 Å². The molecule has 6 nitrogen and oxygen atoms in total. The van der Waals surface area contributed by atoms with Gasteiger partial charge in [-0.25, -0.2) is 9.18 Å². The van der Waals surface area contributed by atoms with Crippen molar-refractivity contribution in [1.29, 1.82) is 0 Å². The number of carbonyl (C=O) groups is 1. The van der Waals surface area contributed by atoms with Crippen molar-refractivity contribution in [3.63, 3.8) is 0 Å². The van der Waals surface area contributed by atoms with E-state index < -0.39 is 32.3 Å². The minimum atomic E-state index is -4.48. The summed E-state index contributed by atoms with van der Waals surface area (Å²) < 4.78 is 40.4. The van der Waals surface area contributed by atoms with Gasteiger partial charge in [0.15, 0.2) is 5.75 Å². The molecule has 28 heavy (non-hydrogen) atoms. The molecule has 0 aromatic heterocycles. The van der Waals surface area contributed by atoms with Gasteiger partial charge in [-0.2, -0.15) is 8.42 Å². The van der Waals surface area contributed by atoms with Crippen LogP contribution in [0.2, 0.25) is 5.02 Å². The van der Waals surface area contributed by atoms with Crippen molar-refractivity contribution in [3.05, 3.63) is 89.2 Å². The predicted molar refractivity (Wildman–Crippen MR) is 102 cm³/mol. The zero-order valence-corrected chi connectivity index (χ0v) is 15.7. The first-order valence-corrected chi connectivity index (χ1v) is 9.68. The molecule has 0 saturated carbocycles. The molecule has 0 radical (unpaired) electrons. The van der Waals surface area contributed by atoms with Crippen molar-refractivity contribution in [2.45, 2.75) is 4.90 Å². The van der Waals surface area contributed by atoms with Crippen LogP contribution < -0.4 is 9.31 Å². The Bertz CT molecular complexity index is 1120. The van der Waals surface area contributed by atoms with Gasteiger partial charge >= 0.3 is 5.97 Å². The van der Waals surface area contributed by atoms with Crippen molar-refractivity contribution in [2.24, 2.45) is 0 Å². The summed E-state index contributed by atoms with van der Waals surface area (Å²) in [5, 5.41) is 9.21. The molecule has 0 heterocycles. The minimum absolute atomic E-state index is 0.100. The normalized spacial score (nSPS) is 11.1. The number of halogens is 2. The number of benzene rings is 3. The molecule has 144 valence electrons. The lowest BCUT2D eigenvalue weighted by molar-refractivity contribution is 0.0692. The summed E-state index contributed by atoms with van der Waals surface area (Å²) >= 11 is 5.96. The highest BCUT2D eigenvalue weighted by atomic mass is 35.5. The average Bonchev–Trinajstić information content (AvgIpc) is 2.68. The van der Waals surface area contributed by atoms with Gasteiger partial charge in [0.05, 0.1) is 16.3 Å². The highest BCUT2D eigenvalue weighted by molar-refractivity contribution is 7.92. The van der Waals surface area contributed by atoms with E-state index in [2.05, 4.69) is 0 Å². The SMILES string of the molecule is O=C(O)c1ccccc1S(=O)(=O)N(Oc1ccc(F)cc1Cl)c1ccccc1. The van der Waals surface area contributed by atoms with E-state index in [0.29, 0.717) is 4.47 Å². The summed E-state index contributed by atoms with van der Waals surface area (Å²) in [5.41, 5.74) is -0.319. The molecule has 0 aliphatic heterocycles. The van der Waals surface area contributed by atoms with Crippen LogP contribution in [-0.2, 0) is 10.0 Å². The number of aromatic carboxylic acids is 1. The van der Waals surface area contributed by atoms with Gasteiger partial charge < -0.3 is 9.94 Å². The van der Waals surface area contributed by atoms with Crippen molar-refractivity contribution >= 4 is 33.3 Å². The first kappa shape index (κ1) is 19.7. The van der Waals surface area contributed by atoms with Gasteiger partial charge in [0, 0.05) is 0 Å². The summed E-state index contributed by atoms with van der Waals surface area (Å²) in [6.07, 6.45) is 0. The largest absolute Gasteiger partial charge is 0.478 e. The Hall–Kier alpha value is -3.10. The van der Waals surface area contributed by atoms with Crippen LogP contribution in [0.5, 0.6) is 5.75 Å². The summed E-state index contributed by atoms with van der Waals surface area (Å²) in [7, 11) is -4.48. The third-order valence-corrected chi connectivity index (χ3v) is 5.59. The van der Waals surface area contributed by atoms with Gasteiger partial charge in [0.1, 0.15) is 10.7 Å². The standard InChI is InChI=1S/C19H13ClFNO5S/c20-16-12-13(21)10-11-17(16)27-22(14-6-2-1-3-7-14)28(25,26)18-9-5-4-8-15(18)19(23)24/h1-12H,(H,23,24). The lowest BCUT2D eigenvalue weighted by Gasteiger charge is -2.24. The van der Waals surface area contributed by atoms with Crippen LogP contribution in [-0.4, -0.2) is 19.5 Å². The van der Waals surface area contributed by atoms with Crippen LogP contribution in [0.4, 0.5) is 10.1 Å². The van der Waals surface area contributed by atoms with E-state index in [-0.39, 0.29) is 16.5 Å². The molecule has 3 aromatic carbocycles. The zero-order valence-electron chi connectivity index (χ0n) is 14.1. The minimum Gasteiger partial charge on any atom is -0.478 e. The molecule has 0 saturated heterocycles. The molecule has 0 fully saturated rings. The van der Waals surface area contributed by atoms with E-state index in [9.17, 15) is 22.7 Å². The molecule has 0 aliphatic carbocycles. The maximum Gasteiger partial charge on any atom is 0.337 e. The second-order valence-corrected chi connectivity index (χ2v) is 7.66. The number of carboxylic acids is 1. The Morgan fingerprint density at radius 2 is 1.64 bits per heavy atom. The molecule has 0 spiro atoms. The number of carboxylic acid groups (broad SMARTS) is 1. The lowest BCUT2D eigenvalue weighted by atomic mass is 10.2. The van der Waals surface area contributed by atoms with E-state index in [1.54, 1.807) is 18.2 Å². The maximum absolute atomic E-state index is 13.3. The molecular weight excluding hydrogens is 409 g/mol. The van der Waals surface area contributed by atoms with Crippen LogP contribution in [0.1, 0.15) is 10.4 Å². The molecule has 3 rings (SSSR count). The zero-order chi connectivity index (χ0) is 20.3. The summed E-state index contributed by atoms with van der Waals surface area (Å²) in [6.45, 7) is 0. The number of anilines is 1. The average molecular weight is 422 g/mol. The van der Waals surface area contributed by atoms with Gasteiger partial charge in [-0.1, -0.05) is 46.4 Å². The number of hydrogen-bond acceptors (Lipinski definition) is 4. The molecule has 0 bridgehead atoms. The van der Waals surface area contributed by atoms with Crippen LogP contribution in [0.15, 0.2) is 77.7 Å². The highest BCUT2D eigenvalue weighted by Gasteiger charge is 2.31. The smallest absolute Gasteiger partial charge is 0.337 e. The van der Waals surface area contributed by atoms with Crippen molar-refractivity contribution in [3.8, 4) is 5.75 Å². The lowest BCUT2D eigenvalue weighted by Crippen LogP contribution is -2.35. The Balaban J connectivity index is 2.16. The van der Waals surface area contributed by atoms with E-state index in [0.717, 1.165) is 18.2 Å². The fourth-order valence-corrected chi connectivity index (χ4v) is 4.03. The van der Waals surface area contributed by atoms with E-state index >= 15 is 0 Å². The topological polar surface area (TPSA) is 83.9 Å². The van der Waals surface area contributed by atoms with Crippen LogP contribution in [0.25, 0.3) is 0 Å². The Kier molecular flexibility index (Phi) is 5.53. The van der Waals surface area contributed by atoms with E-state index in [4.69, 9.17) is 16.4 Å². The second kappa shape index (κ2) is 7.87. The molecule has 0 aliphatic rings. The Morgan fingerprint density at radius 3 is 2.29 bits per heavy atom. The quantitative estimate of drug-likeness (QED) is 0.597. The Morgan fingerprint density at radius 1 is 1.00 bits per heavy atom. The summed E-state index contributed by atoms with van der Waals surface area (Å²) in [4.78, 5) is 16.5. The molecule has 0 atom stereocenters. The molecule has 0 unspecified atom stereocenters. The third-order valence-electron chi connectivity index (χ3n) is 3.66. The van der Waals surface area contributed by atoms with Gasteiger partial charge in [0.2, 0.25) is 0 Å². The van der Waals surface area contributed by atoms with Gasteiger partial charge in [-0.3, -0.25) is 0 Å². The van der Waals surface area contributed by atoms with E-state index in [1.165, 1.54) is 36.4 Å². The Labute approximate surface area is 165 Å². The van der Waals surface area contributed by atoms with Gasteiger partial charge in [0.25, 0.3) is 10.0 Å². The fraction of sp³-hybridized carbons (Fsp3) is 0. The monoisotopic (exact) mass is 421 g/mol. The van der Waals surface area contributed by atoms with Crippen molar-refractivity contribution < 1.29 is 27.5 Å². The van der Waals surface area contributed by atoms with Crippen molar-refractivity contribution in [1.82, 2.24) is 0 Å². The first-order valence-electron chi connectivity index (χ1n) is 7.86. The summed E-state index contributed by atoms with van der Waals surface area (Å²) in [5.74, 6) is -2.15. The molecule has 3 aromatic rings. The second-order valence-electron chi connectivity index (χ2n) is 5.54. The highest BCUT2D eigenvalue weighted by Crippen LogP contribution is 2.31. The van der Waals surface area contributed by atoms with E-state index in [1.807, 2.05) is 0 Å². The first-order chi connectivity index (χ1) is 13.3. The number of hydrogen-bond donors (Lipinski definition) is 1. The third kappa shape index (κ3) is 3.92. The van der Waals surface area contributed by atoms with Gasteiger partial charge in [-0.05, 0) is 42.5 Å². The molecule has 1 N–H and O–H groups in total. The maximum atomic E-state index is 13.3. The van der Waals surface area contributed by atoms with Crippen LogP contribution in [0.3, 0.4) is 0 Å². The van der Waals surface area contributed by atoms with Gasteiger partial charge in [-0.15, -0.1) is 0 Å². The fourth-order valence-electron chi connectivity index (χ4n) is 2.39. The summed E-state index contributed by atoms with van der Waals surface area (Å²) in [6, 6.07) is 16.1. The number of rotatable bonds is 6. The molecule has 0 amide bonds. The predicted octanol–water partition coefficient (Wildman–Crippen LogP) is 4.37. The van der Waals surface area contributed by atoms with Crippen molar-refractivity contribution in [2.75, 3.05) is 4.47 Å². The molecular formula is C19H13ClFNO5S.